The van der Waals surface area contributed by atoms with E-state index in [4.69, 9.17) is 0 Å². The molecule has 0 aliphatic heterocycles. The molecule has 0 amide bonds. The first kappa shape index (κ1) is 14.0. The molecule has 6 heteroatoms. The predicted octanol–water partition coefficient (Wildman–Crippen LogP) is 3.02. The maximum Gasteiger partial charge on any atom is 0.357 e. The van der Waals surface area contributed by atoms with Crippen molar-refractivity contribution in [1.29, 1.82) is 0 Å². The summed E-state index contributed by atoms with van der Waals surface area (Å²) in [5.74, 6) is -0.594. The molecule has 0 spiro atoms. The van der Waals surface area contributed by atoms with Gasteiger partial charge in [-0.1, -0.05) is 30.3 Å². The highest BCUT2D eigenvalue weighted by Gasteiger charge is 2.26. The van der Waals surface area contributed by atoms with Gasteiger partial charge in [-0.15, -0.1) is 0 Å². The number of hydrogen-bond donors (Lipinski definition) is 0. The SMILES string of the molecule is COC(=O)c1c(I)nc(F)n1[C@H](C)c1ccccc1. The summed E-state index contributed by atoms with van der Waals surface area (Å²) in [5, 5.41) is 0. The highest BCUT2D eigenvalue weighted by atomic mass is 127. The van der Waals surface area contributed by atoms with Crippen LogP contribution in [-0.4, -0.2) is 22.6 Å². The second kappa shape index (κ2) is 5.68. The topological polar surface area (TPSA) is 44.1 Å². The summed E-state index contributed by atoms with van der Waals surface area (Å²) >= 11 is 1.83. The average molecular weight is 374 g/mol. The molecule has 0 saturated heterocycles. The van der Waals surface area contributed by atoms with Crippen molar-refractivity contribution >= 4 is 28.6 Å². The van der Waals surface area contributed by atoms with E-state index in [0.717, 1.165) is 5.56 Å². The van der Waals surface area contributed by atoms with Crippen LogP contribution in [0.15, 0.2) is 30.3 Å². The largest absolute Gasteiger partial charge is 0.464 e. The van der Waals surface area contributed by atoms with Crippen molar-refractivity contribution in [2.24, 2.45) is 0 Å². The Morgan fingerprint density at radius 3 is 2.63 bits per heavy atom. The molecule has 0 aliphatic carbocycles. The number of imidazole rings is 1. The zero-order valence-electron chi connectivity index (χ0n) is 10.4. The molecule has 1 atom stereocenters. The van der Waals surface area contributed by atoms with Gasteiger partial charge in [0.15, 0.2) is 5.69 Å². The minimum Gasteiger partial charge on any atom is -0.464 e. The number of carbonyl (C=O) groups is 1. The van der Waals surface area contributed by atoms with Crippen molar-refractivity contribution in [3.05, 3.63) is 51.4 Å². The quantitative estimate of drug-likeness (QED) is 0.613. The molecule has 1 heterocycles. The number of methoxy groups -OCH3 is 1. The van der Waals surface area contributed by atoms with Crippen molar-refractivity contribution in [1.82, 2.24) is 9.55 Å². The second-order valence-corrected chi connectivity index (χ2v) is 4.99. The van der Waals surface area contributed by atoms with Gasteiger partial charge < -0.3 is 4.74 Å². The molecule has 4 nitrogen and oxygen atoms in total. The molecule has 2 rings (SSSR count). The van der Waals surface area contributed by atoms with Gasteiger partial charge >= 0.3 is 5.97 Å². The molecular weight excluding hydrogens is 362 g/mol. The summed E-state index contributed by atoms with van der Waals surface area (Å²) in [5.41, 5.74) is 1.03. The number of halogens is 2. The Kier molecular flexibility index (Phi) is 4.18. The van der Waals surface area contributed by atoms with Crippen molar-refractivity contribution in [3.63, 3.8) is 0 Å². The molecule has 0 bridgehead atoms. The molecule has 0 fully saturated rings. The predicted molar refractivity (Wildman–Crippen MR) is 76.5 cm³/mol. The number of benzene rings is 1. The van der Waals surface area contributed by atoms with Crippen LogP contribution in [0.3, 0.4) is 0 Å². The van der Waals surface area contributed by atoms with Crippen LogP contribution in [0.4, 0.5) is 4.39 Å². The molecule has 100 valence electrons. The second-order valence-electron chi connectivity index (χ2n) is 3.97. The minimum atomic E-state index is -0.693. The fraction of sp³-hybridized carbons (Fsp3) is 0.231. The van der Waals surface area contributed by atoms with Gasteiger partial charge in [-0.2, -0.15) is 9.37 Å². The molecule has 0 unspecified atom stereocenters. The van der Waals surface area contributed by atoms with Crippen molar-refractivity contribution < 1.29 is 13.9 Å². The van der Waals surface area contributed by atoms with E-state index >= 15 is 0 Å². The summed E-state index contributed by atoms with van der Waals surface area (Å²) in [4.78, 5) is 15.5. The van der Waals surface area contributed by atoms with E-state index in [9.17, 15) is 9.18 Å². The first-order valence-electron chi connectivity index (χ1n) is 5.62. The van der Waals surface area contributed by atoms with Crippen LogP contribution in [-0.2, 0) is 4.74 Å². The fourth-order valence-corrected chi connectivity index (χ4v) is 2.57. The van der Waals surface area contributed by atoms with E-state index in [2.05, 4.69) is 9.72 Å². The third-order valence-corrected chi connectivity index (χ3v) is 3.63. The van der Waals surface area contributed by atoms with E-state index in [-0.39, 0.29) is 11.7 Å². The first-order chi connectivity index (χ1) is 9.06. The smallest absolute Gasteiger partial charge is 0.357 e. The lowest BCUT2D eigenvalue weighted by Crippen LogP contribution is -2.17. The maximum absolute atomic E-state index is 13.9. The summed E-state index contributed by atoms with van der Waals surface area (Å²) in [7, 11) is 1.26. The van der Waals surface area contributed by atoms with Crippen LogP contribution in [0.5, 0.6) is 0 Å². The molecule has 2 aromatic rings. The molecular formula is C13H12FIN2O2. The lowest BCUT2D eigenvalue weighted by atomic mass is 10.1. The van der Waals surface area contributed by atoms with Gasteiger partial charge in [0, 0.05) is 0 Å². The molecule has 0 radical (unpaired) electrons. The van der Waals surface area contributed by atoms with E-state index in [1.54, 1.807) is 0 Å². The van der Waals surface area contributed by atoms with Crippen molar-refractivity contribution in [3.8, 4) is 0 Å². The van der Waals surface area contributed by atoms with E-state index in [1.165, 1.54) is 11.7 Å². The Bertz CT molecular complexity index is 598. The number of aromatic nitrogens is 2. The zero-order valence-corrected chi connectivity index (χ0v) is 12.6. The highest BCUT2D eigenvalue weighted by Crippen LogP contribution is 2.24. The minimum absolute atomic E-state index is 0.136. The number of esters is 1. The lowest BCUT2D eigenvalue weighted by Gasteiger charge is -2.16. The van der Waals surface area contributed by atoms with Gasteiger partial charge in [-0.05, 0) is 35.1 Å². The fourth-order valence-electron chi connectivity index (χ4n) is 1.89. The molecule has 1 aromatic carbocycles. The van der Waals surface area contributed by atoms with Gasteiger partial charge in [0.05, 0.1) is 13.2 Å². The van der Waals surface area contributed by atoms with Crippen LogP contribution in [0, 0.1) is 9.78 Å². The van der Waals surface area contributed by atoms with E-state index in [0.29, 0.717) is 3.70 Å². The van der Waals surface area contributed by atoms with Crippen LogP contribution in [0.2, 0.25) is 0 Å². The Labute approximate surface area is 123 Å². The maximum atomic E-state index is 13.9. The van der Waals surface area contributed by atoms with Crippen LogP contribution < -0.4 is 0 Å². The first-order valence-corrected chi connectivity index (χ1v) is 6.70. The Hall–Kier alpha value is -1.44. The summed E-state index contributed by atoms with van der Waals surface area (Å²) in [6, 6.07) is 9.01. The Morgan fingerprint density at radius 2 is 2.05 bits per heavy atom. The number of rotatable bonds is 3. The number of ether oxygens (including phenoxy) is 1. The van der Waals surface area contributed by atoms with E-state index in [1.807, 2.05) is 59.8 Å². The van der Waals surface area contributed by atoms with Gasteiger partial charge in [0.2, 0.25) is 0 Å². The van der Waals surface area contributed by atoms with Crippen LogP contribution >= 0.6 is 22.6 Å². The van der Waals surface area contributed by atoms with Gasteiger partial charge in [-0.3, -0.25) is 4.57 Å². The normalized spacial score (nSPS) is 12.2. The summed E-state index contributed by atoms with van der Waals surface area (Å²) < 4.78 is 20.2. The third-order valence-electron chi connectivity index (χ3n) is 2.87. The number of hydrogen-bond acceptors (Lipinski definition) is 3. The van der Waals surface area contributed by atoms with Crippen molar-refractivity contribution in [2.75, 3.05) is 7.11 Å². The molecule has 19 heavy (non-hydrogen) atoms. The van der Waals surface area contributed by atoms with Crippen molar-refractivity contribution in [2.45, 2.75) is 13.0 Å². The third kappa shape index (κ3) is 2.63. The van der Waals surface area contributed by atoms with Gasteiger partial charge in [0.25, 0.3) is 6.08 Å². The molecule has 1 aromatic heterocycles. The number of carbonyl (C=O) groups excluding carboxylic acids is 1. The molecule has 0 saturated carbocycles. The van der Waals surface area contributed by atoms with Gasteiger partial charge in [-0.25, -0.2) is 4.79 Å². The highest BCUT2D eigenvalue weighted by molar-refractivity contribution is 14.1. The monoisotopic (exact) mass is 374 g/mol. The molecule has 0 N–H and O–H groups in total. The standard InChI is InChI=1S/C13H12FIN2O2/c1-8(9-6-4-3-5-7-9)17-10(12(18)19-2)11(15)16-13(17)14/h3-8H,1-2H3/t8-/m1/s1. The summed E-state index contributed by atoms with van der Waals surface area (Å²) in [6.45, 7) is 1.81. The Morgan fingerprint density at radius 1 is 1.42 bits per heavy atom. The zero-order chi connectivity index (χ0) is 14.0. The van der Waals surface area contributed by atoms with Crippen LogP contribution in [0.1, 0.15) is 29.0 Å². The van der Waals surface area contributed by atoms with Gasteiger partial charge in [0.1, 0.15) is 3.70 Å². The summed E-state index contributed by atoms with van der Waals surface area (Å²) in [6.07, 6.45) is -0.693. The van der Waals surface area contributed by atoms with E-state index < -0.39 is 12.0 Å². The number of nitrogens with zero attached hydrogens (tertiary/aromatic N) is 2. The average Bonchev–Trinajstić information content (AvgIpc) is 2.72. The molecule has 0 aliphatic rings. The van der Waals surface area contributed by atoms with Crippen LogP contribution in [0.25, 0.3) is 0 Å². The Balaban J connectivity index is 2.53. The lowest BCUT2D eigenvalue weighted by molar-refractivity contribution is 0.0584.